The van der Waals surface area contributed by atoms with Gasteiger partial charge in [-0.05, 0) is 42.0 Å². The fraction of sp³-hybridized carbons (Fsp3) is 0.143. The Bertz CT molecular complexity index is 1120. The third-order valence-electron chi connectivity index (χ3n) is 4.97. The van der Waals surface area contributed by atoms with Crippen LogP contribution in [-0.4, -0.2) is 33.8 Å². The Balaban J connectivity index is 1.94. The number of fused-ring (bicyclic) bond motifs is 1. The van der Waals surface area contributed by atoms with Gasteiger partial charge in [0.25, 0.3) is 0 Å². The molecule has 29 heavy (non-hydrogen) atoms. The molecule has 0 saturated heterocycles. The molecule has 1 aliphatic heterocycles. The number of aromatic nitrogens is 1. The maximum Gasteiger partial charge on any atom is 0.339 e. The van der Waals surface area contributed by atoms with Crippen molar-refractivity contribution in [3.8, 4) is 17.2 Å². The number of phenolic OH excluding ortho intramolecular Hbond substituents is 1. The van der Waals surface area contributed by atoms with Crippen LogP contribution in [0.1, 0.15) is 34.0 Å². The van der Waals surface area contributed by atoms with Gasteiger partial charge in [-0.25, -0.2) is 9.18 Å². The van der Waals surface area contributed by atoms with Crippen LogP contribution in [-0.2, 0) is 4.79 Å². The second kappa shape index (κ2) is 6.97. The number of carboxylic acid groups (broad SMARTS) is 1. The summed E-state index contributed by atoms with van der Waals surface area (Å²) in [7, 11) is 1.43. The number of amides is 1. The minimum absolute atomic E-state index is 0.0586. The van der Waals surface area contributed by atoms with E-state index in [-0.39, 0.29) is 35.1 Å². The van der Waals surface area contributed by atoms with Crippen LogP contribution in [0.3, 0.4) is 0 Å². The van der Waals surface area contributed by atoms with E-state index in [2.05, 4.69) is 5.32 Å². The smallest absolute Gasteiger partial charge is 0.339 e. The average Bonchev–Trinajstić information content (AvgIpc) is 3.07. The highest BCUT2D eigenvalue weighted by molar-refractivity contribution is 6.04. The quantitative estimate of drug-likeness (QED) is 0.627. The molecule has 0 aliphatic carbocycles. The van der Waals surface area contributed by atoms with Crippen molar-refractivity contribution in [1.82, 2.24) is 4.57 Å². The highest BCUT2D eigenvalue weighted by atomic mass is 19.1. The van der Waals surface area contributed by atoms with Crippen molar-refractivity contribution >= 4 is 17.6 Å². The number of carboxylic acids is 1. The van der Waals surface area contributed by atoms with Crippen LogP contribution in [0.5, 0.6) is 11.5 Å². The molecule has 8 heteroatoms. The number of methoxy groups -OCH3 is 1. The van der Waals surface area contributed by atoms with Crippen LogP contribution < -0.4 is 10.1 Å². The standard InChI is InChI=1S/C21H17FN2O5/c1-29-17-7-2-11(8-16(17)25)14-9-18(26)23-19-15(21(27)28)10-24(20(14)19)13-5-3-12(22)4-6-13/h2-8,10,14,25H,9H2,1H3,(H,23,26)(H,27,28)/t14-/m0/s1. The molecule has 0 bridgehead atoms. The number of phenols is 1. The van der Waals surface area contributed by atoms with Gasteiger partial charge in [-0.2, -0.15) is 0 Å². The summed E-state index contributed by atoms with van der Waals surface area (Å²) in [4.78, 5) is 24.1. The molecule has 3 N–H and O–H groups in total. The lowest BCUT2D eigenvalue weighted by Gasteiger charge is -2.26. The van der Waals surface area contributed by atoms with Gasteiger partial charge in [0.1, 0.15) is 11.4 Å². The van der Waals surface area contributed by atoms with E-state index in [9.17, 15) is 24.2 Å². The summed E-state index contributed by atoms with van der Waals surface area (Å²) >= 11 is 0. The molecule has 0 fully saturated rings. The van der Waals surface area contributed by atoms with E-state index in [1.54, 1.807) is 16.7 Å². The first kappa shape index (κ1) is 18.5. The lowest BCUT2D eigenvalue weighted by Crippen LogP contribution is -2.25. The number of hydrogen-bond donors (Lipinski definition) is 3. The number of carbonyl (C=O) groups is 2. The number of carbonyl (C=O) groups excluding carboxylic acids is 1. The first-order valence-corrected chi connectivity index (χ1v) is 8.80. The molecule has 1 atom stereocenters. The van der Waals surface area contributed by atoms with Gasteiger partial charge in [0, 0.05) is 24.2 Å². The van der Waals surface area contributed by atoms with E-state index in [1.165, 1.54) is 43.6 Å². The van der Waals surface area contributed by atoms with Crippen LogP contribution in [0.2, 0.25) is 0 Å². The molecule has 0 spiro atoms. The summed E-state index contributed by atoms with van der Waals surface area (Å²) < 4.78 is 20.1. The number of hydrogen-bond acceptors (Lipinski definition) is 4. The fourth-order valence-corrected chi connectivity index (χ4v) is 3.64. The van der Waals surface area contributed by atoms with E-state index in [0.29, 0.717) is 16.9 Å². The molecule has 3 aromatic rings. The summed E-state index contributed by atoms with van der Waals surface area (Å²) in [5, 5.41) is 22.4. The second-order valence-electron chi connectivity index (χ2n) is 6.69. The normalized spacial score (nSPS) is 15.5. The van der Waals surface area contributed by atoms with Crippen molar-refractivity contribution in [3.63, 3.8) is 0 Å². The topological polar surface area (TPSA) is 101 Å². The van der Waals surface area contributed by atoms with Crippen LogP contribution in [0.4, 0.5) is 10.1 Å². The van der Waals surface area contributed by atoms with E-state index in [1.807, 2.05) is 0 Å². The zero-order chi connectivity index (χ0) is 20.7. The number of aromatic hydroxyl groups is 1. The van der Waals surface area contributed by atoms with Gasteiger partial charge in [-0.1, -0.05) is 6.07 Å². The molecule has 2 aromatic carbocycles. The number of anilines is 1. The Morgan fingerprint density at radius 3 is 2.59 bits per heavy atom. The minimum atomic E-state index is -1.19. The van der Waals surface area contributed by atoms with Gasteiger partial charge in [0.15, 0.2) is 11.5 Å². The zero-order valence-electron chi connectivity index (χ0n) is 15.3. The van der Waals surface area contributed by atoms with E-state index in [0.717, 1.165) is 0 Å². The monoisotopic (exact) mass is 396 g/mol. The number of aromatic carboxylic acids is 1. The molecule has 1 aromatic heterocycles. The van der Waals surface area contributed by atoms with Crippen molar-refractivity contribution in [2.24, 2.45) is 0 Å². The SMILES string of the molecule is COc1ccc([C@@H]2CC(=O)Nc3c(C(=O)O)cn(-c4ccc(F)cc4)c32)cc1O. The van der Waals surface area contributed by atoms with Gasteiger partial charge in [-0.15, -0.1) is 0 Å². The van der Waals surface area contributed by atoms with E-state index < -0.39 is 17.7 Å². The molecule has 1 aliphatic rings. The predicted octanol–water partition coefficient (Wildman–Crippen LogP) is 3.50. The summed E-state index contributed by atoms with van der Waals surface area (Å²) in [5.41, 5.74) is 1.84. The van der Waals surface area contributed by atoms with Gasteiger partial charge < -0.3 is 24.8 Å². The maximum absolute atomic E-state index is 13.4. The van der Waals surface area contributed by atoms with Crippen LogP contribution >= 0.6 is 0 Å². The molecular formula is C21H17FN2O5. The van der Waals surface area contributed by atoms with Crippen LogP contribution in [0.25, 0.3) is 5.69 Å². The number of rotatable bonds is 4. The molecule has 4 rings (SSSR count). The first-order chi connectivity index (χ1) is 13.9. The fourth-order valence-electron chi connectivity index (χ4n) is 3.64. The molecule has 0 saturated carbocycles. The Hall–Kier alpha value is -3.81. The number of halogens is 1. The van der Waals surface area contributed by atoms with Crippen LogP contribution in [0, 0.1) is 5.82 Å². The summed E-state index contributed by atoms with van der Waals surface area (Å²) in [6, 6.07) is 10.4. The van der Waals surface area contributed by atoms with Crippen LogP contribution in [0.15, 0.2) is 48.7 Å². The van der Waals surface area contributed by atoms with Crippen molar-refractivity contribution < 1.29 is 28.9 Å². The highest BCUT2D eigenvalue weighted by Crippen LogP contribution is 2.43. The van der Waals surface area contributed by atoms with Gasteiger partial charge in [0.05, 0.1) is 18.5 Å². The maximum atomic E-state index is 13.4. The van der Waals surface area contributed by atoms with Gasteiger partial charge in [0.2, 0.25) is 5.91 Å². The number of benzene rings is 2. The summed E-state index contributed by atoms with van der Waals surface area (Å²) in [5.74, 6) is -2.27. The van der Waals surface area contributed by atoms with Gasteiger partial charge >= 0.3 is 5.97 Å². The predicted molar refractivity (Wildman–Crippen MR) is 102 cm³/mol. The number of ether oxygens (including phenoxy) is 1. The minimum Gasteiger partial charge on any atom is -0.504 e. The largest absolute Gasteiger partial charge is 0.504 e. The Kier molecular flexibility index (Phi) is 4.46. The molecule has 1 amide bonds. The number of nitrogens with zero attached hydrogens (tertiary/aromatic N) is 1. The second-order valence-corrected chi connectivity index (χ2v) is 6.69. The highest BCUT2D eigenvalue weighted by Gasteiger charge is 2.34. The number of nitrogens with one attached hydrogen (secondary N) is 1. The zero-order valence-corrected chi connectivity index (χ0v) is 15.3. The van der Waals surface area contributed by atoms with E-state index in [4.69, 9.17) is 4.74 Å². The lowest BCUT2D eigenvalue weighted by molar-refractivity contribution is -0.116. The summed E-state index contributed by atoms with van der Waals surface area (Å²) in [6.07, 6.45) is 1.46. The Labute approximate surface area is 165 Å². The van der Waals surface area contributed by atoms with E-state index >= 15 is 0 Å². The van der Waals surface area contributed by atoms with Crippen molar-refractivity contribution in [1.29, 1.82) is 0 Å². The van der Waals surface area contributed by atoms with Crippen molar-refractivity contribution in [2.45, 2.75) is 12.3 Å². The van der Waals surface area contributed by atoms with Gasteiger partial charge in [-0.3, -0.25) is 4.79 Å². The molecule has 0 unspecified atom stereocenters. The Morgan fingerprint density at radius 1 is 1.24 bits per heavy atom. The Morgan fingerprint density at radius 2 is 1.97 bits per heavy atom. The molecular weight excluding hydrogens is 379 g/mol. The van der Waals surface area contributed by atoms with Crippen molar-refractivity contribution in [3.05, 3.63) is 71.3 Å². The molecule has 148 valence electrons. The molecule has 7 nitrogen and oxygen atoms in total. The molecule has 0 radical (unpaired) electrons. The molecule has 2 heterocycles. The third kappa shape index (κ3) is 3.18. The third-order valence-corrected chi connectivity index (χ3v) is 4.97. The lowest BCUT2D eigenvalue weighted by atomic mass is 9.88. The summed E-state index contributed by atoms with van der Waals surface area (Å²) in [6.45, 7) is 0. The first-order valence-electron chi connectivity index (χ1n) is 8.80. The van der Waals surface area contributed by atoms with Crippen molar-refractivity contribution in [2.75, 3.05) is 12.4 Å². The average molecular weight is 396 g/mol.